The van der Waals surface area contributed by atoms with Crippen molar-refractivity contribution in [2.45, 2.75) is 168 Å². The molecule has 6 heteroatoms. The number of carbonyl (C=O) groups excluding carboxylic acids is 1. The van der Waals surface area contributed by atoms with Gasteiger partial charge in [0.25, 0.3) is 0 Å². The van der Waals surface area contributed by atoms with E-state index in [-0.39, 0.29) is 5.97 Å². The van der Waals surface area contributed by atoms with Crippen LogP contribution >= 0.6 is 0 Å². The molecule has 0 saturated carbocycles. The molecule has 0 spiro atoms. The lowest BCUT2D eigenvalue weighted by molar-refractivity contribution is -0.145. The topological polar surface area (TPSA) is 63.2 Å². The number of hydrogen-bond donors (Lipinski definition) is 0. The van der Waals surface area contributed by atoms with Crippen LogP contribution < -0.4 is 0 Å². The molecule has 0 saturated heterocycles. The highest BCUT2D eigenvalue weighted by molar-refractivity contribution is 5.69. The number of hydrogen-bond acceptors (Lipinski definition) is 6. The summed E-state index contributed by atoms with van der Waals surface area (Å²) in [5, 5.41) is 0. The fourth-order valence-electron chi connectivity index (χ4n) is 5.03. The minimum Gasteiger partial charge on any atom is -0.463 e. The van der Waals surface area contributed by atoms with E-state index in [1.165, 1.54) is 128 Å². The molecule has 0 aliphatic rings. The molecule has 6 nitrogen and oxygen atoms in total. The van der Waals surface area contributed by atoms with Gasteiger partial charge in [-0.25, -0.2) is 0 Å². The van der Waals surface area contributed by atoms with Crippen LogP contribution in [-0.4, -0.2) is 65.4 Å². The number of unbranched alkanes of at least 4 members (excludes halogenated alkanes) is 21. The van der Waals surface area contributed by atoms with E-state index >= 15 is 0 Å². The van der Waals surface area contributed by atoms with Gasteiger partial charge in [0, 0.05) is 13.0 Å². The van der Waals surface area contributed by atoms with Crippen LogP contribution in [0.25, 0.3) is 0 Å². The summed E-state index contributed by atoms with van der Waals surface area (Å²) in [6.07, 6.45) is 31.0. The lowest BCUT2D eigenvalue weighted by Gasteiger charge is -2.08. The molecule has 0 aromatic heterocycles. The van der Waals surface area contributed by atoms with Gasteiger partial charge in [-0.15, -0.1) is 0 Å². The summed E-state index contributed by atoms with van der Waals surface area (Å²) in [7, 11) is 0. The van der Waals surface area contributed by atoms with Crippen LogP contribution in [0.15, 0.2) is 0 Å². The summed E-state index contributed by atoms with van der Waals surface area (Å²) in [5.74, 6) is -0.109. The first-order chi connectivity index (χ1) is 20.8. The van der Waals surface area contributed by atoms with Crippen LogP contribution in [0.5, 0.6) is 0 Å². The first-order valence-corrected chi connectivity index (χ1v) is 18.3. The molecule has 0 amide bonds. The van der Waals surface area contributed by atoms with Crippen molar-refractivity contribution in [3.05, 3.63) is 0 Å². The average Bonchev–Trinajstić information content (AvgIpc) is 3.00. The Morgan fingerprint density at radius 2 is 0.619 bits per heavy atom. The molecule has 0 aliphatic heterocycles. The molecular formula is C36H72O6. The highest BCUT2D eigenvalue weighted by Crippen LogP contribution is 2.13. The van der Waals surface area contributed by atoms with Crippen LogP contribution in [0.4, 0.5) is 0 Å². The predicted octanol–water partition coefficient (Wildman–Crippen LogP) is 10.00. The van der Waals surface area contributed by atoms with Crippen LogP contribution in [0.2, 0.25) is 0 Å². The number of rotatable bonds is 37. The van der Waals surface area contributed by atoms with Crippen LogP contribution in [-0.2, 0) is 28.5 Å². The van der Waals surface area contributed by atoms with Gasteiger partial charge in [0.05, 0.1) is 46.2 Å². The zero-order valence-corrected chi connectivity index (χ0v) is 28.3. The molecule has 0 unspecified atom stereocenters. The molecular weight excluding hydrogens is 528 g/mol. The number of carbonyl (C=O) groups is 1. The number of esters is 1. The Morgan fingerprint density at radius 3 is 1.00 bits per heavy atom. The summed E-state index contributed by atoms with van der Waals surface area (Å²) < 4.78 is 27.4. The summed E-state index contributed by atoms with van der Waals surface area (Å²) in [4.78, 5) is 11.8. The molecule has 0 rings (SSSR count). The van der Waals surface area contributed by atoms with E-state index < -0.39 is 0 Å². The third-order valence-corrected chi connectivity index (χ3v) is 7.73. The normalized spacial score (nSPS) is 11.4. The second kappa shape index (κ2) is 38.3. The molecule has 0 atom stereocenters. The highest BCUT2D eigenvalue weighted by atomic mass is 16.6. The Kier molecular flexibility index (Phi) is 37.7. The SMILES string of the molecule is CCCCCCCCCCCCCCCC(=O)OCCOCCOCCOCCOCCCCCCCCCCCC. The smallest absolute Gasteiger partial charge is 0.305 e. The monoisotopic (exact) mass is 601 g/mol. The standard InChI is InChI=1S/C36H72O6/c1-3-5-7-9-11-13-15-16-17-18-20-22-24-26-36(37)42-35-34-41-33-32-40-31-30-39-29-28-38-27-25-23-21-19-14-12-10-8-6-4-2/h3-35H2,1-2H3. The van der Waals surface area contributed by atoms with Crippen molar-refractivity contribution in [3.63, 3.8) is 0 Å². The van der Waals surface area contributed by atoms with Gasteiger partial charge in [0.2, 0.25) is 0 Å². The maximum atomic E-state index is 11.8. The molecule has 0 bridgehead atoms. The summed E-state index contributed by atoms with van der Waals surface area (Å²) >= 11 is 0. The van der Waals surface area contributed by atoms with Crippen molar-refractivity contribution in [2.24, 2.45) is 0 Å². The van der Waals surface area contributed by atoms with E-state index in [2.05, 4.69) is 13.8 Å². The fraction of sp³-hybridized carbons (Fsp3) is 0.972. The second-order valence-electron chi connectivity index (χ2n) is 11.8. The molecule has 0 heterocycles. The second-order valence-corrected chi connectivity index (χ2v) is 11.8. The van der Waals surface area contributed by atoms with Gasteiger partial charge < -0.3 is 23.7 Å². The number of ether oxygens (including phenoxy) is 5. The lowest BCUT2D eigenvalue weighted by Crippen LogP contribution is -2.14. The summed E-state index contributed by atoms with van der Waals surface area (Å²) in [6, 6.07) is 0. The third-order valence-electron chi connectivity index (χ3n) is 7.73. The van der Waals surface area contributed by atoms with Crippen LogP contribution in [0, 0.1) is 0 Å². The van der Waals surface area contributed by atoms with Crippen molar-refractivity contribution in [1.29, 1.82) is 0 Å². The van der Waals surface area contributed by atoms with Gasteiger partial charge in [-0.2, -0.15) is 0 Å². The van der Waals surface area contributed by atoms with E-state index in [9.17, 15) is 4.79 Å². The Labute approximate surface area is 261 Å². The Bertz CT molecular complexity index is 501. The Morgan fingerprint density at radius 1 is 0.333 bits per heavy atom. The molecule has 0 aromatic carbocycles. The van der Waals surface area contributed by atoms with Crippen LogP contribution in [0.3, 0.4) is 0 Å². The van der Waals surface area contributed by atoms with Gasteiger partial charge in [-0.1, -0.05) is 149 Å². The maximum absolute atomic E-state index is 11.8. The third kappa shape index (κ3) is 37.3. The average molecular weight is 601 g/mol. The zero-order valence-electron chi connectivity index (χ0n) is 28.3. The first-order valence-electron chi connectivity index (χ1n) is 18.3. The Balaban J connectivity index is 3.13. The molecule has 0 N–H and O–H groups in total. The minimum absolute atomic E-state index is 0.109. The largest absolute Gasteiger partial charge is 0.463 e. The van der Waals surface area contributed by atoms with Gasteiger partial charge in [-0.3, -0.25) is 4.79 Å². The minimum atomic E-state index is -0.109. The maximum Gasteiger partial charge on any atom is 0.305 e. The predicted molar refractivity (Wildman–Crippen MR) is 176 cm³/mol. The summed E-state index contributed by atoms with van der Waals surface area (Å²) in [6.45, 7) is 9.52. The van der Waals surface area contributed by atoms with Crippen LogP contribution in [0.1, 0.15) is 168 Å². The van der Waals surface area contributed by atoms with Gasteiger partial charge in [0.1, 0.15) is 6.61 Å². The highest BCUT2D eigenvalue weighted by Gasteiger charge is 2.03. The van der Waals surface area contributed by atoms with Gasteiger partial charge in [0.15, 0.2) is 0 Å². The first kappa shape index (κ1) is 41.3. The van der Waals surface area contributed by atoms with Gasteiger partial charge in [-0.05, 0) is 12.8 Å². The molecule has 252 valence electrons. The van der Waals surface area contributed by atoms with Crippen molar-refractivity contribution >= 4 is 5.97 Å². The van der Waals surface area contributed by atoms with E-state index in [1.807, 2.05) is 0 Å². The molecule has 0 aliphatic carbocycles. The van der Waals surface area contributed by atoms with E-state index in [0.717, 1.165) is 25.9 Å². The van der Waals surface area contributed by atoms with E-state index in [0.29, 0.717) is 59.3 Å². The van der Waals surface area contributed by atoms with Crippen molar-refractivity contribution in [2.75, 3.05) is 59.5 Å². The van der Waals surface area contributed by atoms with E-state index in [4.69, 9.17) is 23.7 Å². The quantitative estimate of drug-likeness (QED) is 0.0522. The molecule has 42 heavy (non-hydrogen) atoms. The molecule has 0 aromatic rings. The van der Waals surface area contributed by atoms with E-state index in [1.54, 1.807) is 0 Å². The zero-order chi connectivity index (χ0) is 30.4. The molecule has 0 radical (unpaired) electrons. The van der Waals surface area contributed by atoms with Gasteiger partial charge >= 0.3 is 5.97 Å². The Hall–Kier alpha value is -0.690. The fourth-order valence-corrected chi connectivity index (χ4v) is 5.03. The van der Waals surface area contributed by atoms with Crippen molar-refractivity contribution in [1.82, 2.24) is 0 Å². The lowest BCUT2D eigenvalue weighted by atomic mass is 10.0. The summed E-state index contributed by atoms with van der Waals surface area (Å²) in [5.41, 5.74) is 0. The van der Waals surface area contributed by atoms with Crippen molar-refractivity contribution < 1.29 is 28.5 Å². The molecule has 0 fully saturated rings. The van der Waals surface area contributed by atoms with Crippen molar-refractivity contribution in [3.8, 4) is 0 Å².